The molecule has 0 aliphatic carbocycles. The van der Waals surface area contributed by atoms with Gasteiger partial charge in [-0.2, -0.15) is 0 Å². The molecule has 136 valence electrons. The van der Waals surface area contributed by atoms with Gasteiger partial charge in [0.15, 0.2) is 0 Å². The molecule has 0 spiro atoms. The van der Waals surface area contributed by atoms with Crippen molar-refractivity contribution in [2.75, 3.05) is 21.3 Å². The summed E-state index contributed by atoms with van der Waals surface area (Å²) in [6, 6.07) is 0. The molecule has 0 aromatic heterocycles. The van der Waals surface area contributed by atoms with Gasteiger partial charge in [-0.1, -0.05) is 19.7 Å². The SMILES string of the molecule is C=C.C=COC(C)=O.C=CS(=O)(=O)[O-].C=C[Si](OC)(OC)OC.[Na+]. The molecule has 0 aliphatic heterocycles. The van der Waals surface area contributed by atoms with Crippen molar-refractivity contribution in [1.29, 1.82) is 0 Å². The molecular weight excluding hydrogens is 367 g/mol. The summed E-state index contributed by atoms with van der Waals surface area (Å²) in [6.07, 6.45) is 1.10. The van der Waals surface area contributed by atoms with E-state index in [0.29, 0.717) is 5.41 Å². The topological polar surface area (TPSA) is 111 Å². The van der Waals surface area contributed by atoms with E-state index in [-0.39, 0.29) is 35.5 Å². The van der Waals surface area contributed by atoms with Gasteiger partial charge in [0.25, 0.3) is 0 Å². The second-order valence-electron chi connectivity index (χ2n) is 2.86. The molecule has 0 aliphatic rings. The zero-order valence-electron chi connectivity index (χ0n) is 14.9. The Labute approximate surface area is 168 Å². The van der Waals surface area contributed by atoms with E-state index in [2.05, 4.69) is 37.6 Å². The monoisotopic (exact) mass is 392 g/mol. The van der Waals surface area contributed by atoms with Crippen LogP contribution in [0.15, 0.2) is 50.3 Å². The second-order valence-corrected chi connectivity index (χ2v) is 7.01. The first-order valence-electron chi connectivity index (χ1n) is 5.73. The molecule has 0 unspecified atom stereocenters. The van der Waals surface area contributed by atoms with Crippen LogP contribution in [0.4, 0.5) is 0 Å². The van der Waals surface area contributed by atoms with Crippen LogP contribution in [0.5, 0.6) is 0 Å². The summed E-state index contributed by atoms with van der Waals surface area (Å²) < 4.78 is 47.0. The van der Waals surface area contributed by atoms with Gasteiger partial charge in [0.05, 0.1) is 6.26 Å². The van der Waals surface area contributed by atoms with Gasteiger partial charge in [0.1, 0.15) is 10.1 Å². The number of carbonyl (C=O) groups is 1. The Balaban J connectivity index is -0.0000000718. The first-order chi connectivity index (χ1) is 10.6. The van der Waals surface area contributed by atoms with Crippen LogP contribution < -0.4 is 29.6 Å². The van der Waals surface area contributed by atoms with Gasteiger partial charge in [-0.15, -0.1) is 13.2 Å². The molecule has 0 N–H and O–H groups in total. The molecule has 0 aromatic rings. The second kappa shape index (κ2) is 22.4. The van der Waals surface area contributed by atoms with Crippen LogP contribution in [-0.4, -0.2) is 49.1 Å². The van der Waals surface area contributed by atoms with Crippen LogP contribution in [0.25, 0.3) is 0 Å². The maximum atomic E-state index is 9.75. The van der Waals surface area contributed by atoms with Crippen molar-refractivity contribution in [1.82, 2.24) is 0 Å². The average Bonchev–Trinajstić information content (AvgIpc) is 2.52. The van der Waals surface area contributed by atoms with E-state index in [1.54, 1.807) is 27.0 Å². The van der Waals surface area contributed by atoms with Gasteiger partial charge >= 0.3 is 44.3 Å². The van der Waals surface area contributed by atoms with E-state index in [0.717, 1.165) is 6.26 Å². The number of carbonyl (C=O) groups excluding carboxylic acids is 1. The van der Waals surface area contributed by atoms with Crippen LogP contribution in [0.2, 0.25) is 0 Å². The molecule has 8 nitrogen and oxygen atoms in total. The number of rotatable bonds is 6. The van der Waals surface area contributed by atoms with E-state index < -0.39 is 18.9 Å². The zero-order chi connectivity index (χ0) is 19.5. The third-order valence-electron chi connectivity index (χ3n) is 1.56. The Hall–Kier alpha value is -0.563. The van der Waals surface area contributed by atoms with Crippen LogP contribution in [0.1, 0.15) is 6.92 Å². The summed E-state index contributed by atoms with van der Waals surface area (Å²) in [6.45, 7) is 16.7. The van der Waals surface area contributed by atoms with E-state index in [9.17, 15) is 17.8 Å². The van der Waals surface area contributed by atoms with E-state index >= 15 is 0 Å². The summed E-state index contributed by atoms with van der Waals surface area (Å²) in [7, 11) is -1.95. The van der Waals surface area contributed by atoms with Crippen molar-refractivity contribution in [3.8, 4) is 0 Å². The fourth-order valence-electron chi connectivity index (χ4n) is 0.617. The molecular formula is C13H25NaO8SSi. The molecule has 0 heterocycles. The molecule has 0 amide bonds. The fourth-order valence-corrected chi connectivity index (χ4v) is 1.62. The Morgan fingerprint density at radius 3 is 1.33 bits per heavy atom. The normalized spacial score (nSPS) is 8.88. The van der Waals surface area contributed by atoms with Gasteiger partial charge in [-0.25, -0.2) is 8.42 Å². The molecule has 11 heteroatoms. The fraction of sp³-hybridized carbons (Fsp3) is 0.308. The summed E-state index contributed by atoms with van der Waals surface area (Å²) in [5.74, 6) is -0.329. The van der Waals surface area contributed by atoms with Crippen molar-refractivity contribution in [2.45, 2.75) is 6.92 Å². The van der Waals surface area contributed by atoms with Crippen LogP contribution in [-0.2, 0) is 32.9 Å². The van der Waals surface area contributed by atoms with Gasteiger partial charge in [-0.05, 0) is 5.70 Å². The first-order valence-corrected chi connectivity index (χ1v) is 9.00. The standard InChI is InChI=1S/C5H12O3Si.C4H6O2.C2H4O3S.C2H4.Na/c1-5-9(6-2,7-3)8-4;1-3-6-4(2)5;1-2-6(3,4)5;1-2;/h5H,1H2,2-4H3;3H,1H2,2H3;2H,1H2,(H,3,4,5);1-2H2;/q;;;;+1/p-1. The summed E-state index contributed by atoms with van der Waals surface area (Å²) in [5, 5.41) is 0.354. The van der Waals surface area contributed by atoms with Crippen molar-refractivity contribution in [3.05, 3.63) is 50.3 Å². The maximum absolute atomic E-state index is 9.75. The molecule has 0 rings (SSSR count). The van der Waals surface area contributed by atoms with Crippen LogP contribution in [0.3, 0.4) is 0 Å². The number of hydrogen-bond donors (Lipinski definition) is 0. The molecule has 0 aromatic carbocycles. The smallest absolute Gasteiger partial charge is 0.745 e. The van der Waals surface area contributed by atoms with Gasteiger partial charge in [-0.3, -0.25) is 4.79 Å². The minimum atomic E-state index is -4.15. The Morgan fingerprint density at radius 1 is 1.04 bits per heavy atom. The van der Waals surface area contributed by atoms with Gasteiger partial charge in [0.2, 0.25) is 0 Å². The molecule has 0 fully saturated rings. The van der Waals surface area contributed by atoms with E-state index in [1.807, 2.05) is 0 Å². The van der Waals surface area contributed by atoms with Crippen molar-refractivity contribution >= 4 is 24.9 Å². The Kier molecular flexibility index (Phi) is 32.4. The average molecular weight is 392 g/mol. The summed E-state index contributed by atoms with van der Waals surface area (Å²) in [5.41, 5.74) is 1.58. The quantitative estimate of drug-likeness (QED) is 0.182. The van der Waals surface area contributed by atoms with Crippen molar-refractivity contribution in [3.63, 3.8) is 0 Å². The van der Waals surface area contributed by atoms with Crippen LogP contribution >= 0.6 is 0 Å². The van der Waals surface area contributed by atoms with E-state index in [4.69, 9.17) is 13.3 Å². The molecule has 0 radical (unpaired) electrons. The molecule has 0 saturated carbocycles. The molecule has 0 bridgehead atoms. The number of ether oxygens (including phenoxy) is 1. The Bertz CT molecular complexity index is 415. The summed E-state index contributed by atoms with van der Waals surface area (Å²) in [4.78, 5) is 9.75. The largest absolute Gasteiger partial charge is 1.00 e. The third kappa shape index (κ3) is 29.4. The maximum Gasteiger partial charge on any atom is 1.00 e. The molecule has 0 atom stereocenters. The van der Waals surface area contributed by atoms with Crippen LogP contribution in [0, 0.1) is 0 Å². The number of esters is 1. The predicted molar refractivity (Wildman–Crippen MR) is 90.1 cm³/mol. The summed E-state index contributed by atoms with van der Waals surface area (Å²) >= 11 is 0. The van der Waals surface area contributed by atoms with E-state index in [1.165, 1.54) is 6.92 Å². The molecule has 0 saturated heterocycles. The van der Waals surface area contributed by atoms with Gasteiger partial charge < -0.3 is 22.6 Å². The third-order valence-corrected chi connectivity index (χ3v) is 4.17. The first kappa shape index (κ1) is 34.7. The Morgan fingerprint density at radius 2 is 1.33 bits per heavy atom. The predicted octanol–water partition coefficient (Wildman–Crippen LogP) is -1.24. The minimum absolute atomic E-state index is 0. The number of hydrogen-bond acceptors (Lipinski definition) is 8. The van der Waals surface area contributed by atoms with Crippen molar-refractivity contribution in [2.24, 2.45) is 0 Å². The van der Waals surface area contributed by atoms with Gasteiger partial charge in [0, 0.05) is 33.7 Å². The van der Waals surface area contributed by atoms with Crippen molar-refractivity contribution < 1.29 is 65.3 Å². The molecule has 24 heavy (non-hydrogen) atoms. The minimum Gasteiger partial charge on any atom is -0.745 e. The zero-order valence-corrected chi connectivity index (χ0v) is 18.8.